The molecule has 0 aliphatic rings. The van der Waals surface area contributed by atoms with Crippen LogP contribution in [-0.4, -0.2) is 23.2 Å². The van der Waals surface area contributed by atoms with Gasteiger partial charge in [0.1, 0.15) is 15.9 Å². The summed E-state index contributed by atoms with van der Waals surface area (Å²) < 4.78 is 32.2. The van der Waals surface area contributed by atoms with Gasteiger partial charge >= 0.3 is 0 Å². The molecule has 0 aliphatic heterocycles. The number of rotatable bonds is 5. The molecule has 0 bridgehead atoms. The Labute approximate surface area is 137 Å². The standard InChI is InChI=1S/C14H13ClO5S2/c15-12-7-11(5-6-13(12)16)21-8-9-1-3-10(4-2-9)14(17)22(18,19)20/h1-7,14,16-17H,8H2,(H,18,19,20)/p-1. The highest BCUT2D eigenvalue weighted by Crippen LogP contribution is 2.30. The van der Waals surface area contributed by atoms with Gasteiger partial charge in [-0.2, -0.15) is 0 Å². The SMILES string of the molecule is O=S(=O)([O-])C(O)c1ccc(CSc2ccc(O)c(Cl)c2)cc1. The second-order valence-corrected chi connectivity index (χ2v) is 7.38. The average molecular weight is 360 g/mol. The Kier molecular flexibility index (Phi) is 5.36. The summed E-state index contributed by atoms with van der Waals surface area (Å²) in [5.74, 6) is 0.602. The van der Waals surface area contributed by atoms with E-state index in [0.29, 0.717) is 5.75 Å². The minimum atomic E-state index is -4.77. The molecule has 0 amide bonds. The number of hydrogen-bond donors (Lipinski definition) is 2. The van der Waals surface area contributed by atoms with Crippen LogP contribution in [0, 0.1) is 0 Å². The van der Waals surface area contributed by atoms with Gasteiger partial charge in [-0.25, -0.2) is 8.42 Å². The first kappa shape index (κ1) is 17.1. The highest BCUT2D eigenvalue weighted by Gasteiger charge is 2.14. The molecular weight excluding hydrogens is 348 g/mol. The highest BCUT2D eigenvalue weighted by molar-refractivity contribution is 7.98. The Morgan fingerprint density at radius 3 is 2.36 bits per heavy atom. The number of benzene rings is 2. The van der Waals surface area contributed by atoms with Crippen LogP contribution in [0.5, 0.6) is 5.75 Å². The van der Waals surface area contributed by atoms with E-state index in [1.54, 1.807) is 24.3 Å². The maximum absolute atomic E-state index is 10.7. The van der Waals surface area contributed by atoms with Gasteiger partial charge in [-0.1, -0.05) is 35.9 Å². The van der Waals surface area contributed by atoms with Crippen molar-refractivity contribution in [1.29, 1.82) is 0 Å². The van der Waals surface area contributed by atoms with E-state index in [1.807, 2.05) is 0 Å². The molecule has 2 aromatic rings. The molecule has 1 unspecified atom stereocenters. The van der Waals surface area contributed by atoms with E-state index in [2.05, 4.69) is 0 Å². The molecule has 118 valence electrons. The second kappa shape index (κ2) is 6.89. The smallest absolute Gasteiger partial charge is 0.168 e. The summed E-state index contributed by atoms with van der Waals surface area (Å²) in [6.45, 7) is 0. The quantitative estimate of drug-likeness (QED) is 0.629. The fourth-order valence-corrected chi connectivity index (χ4v) is 3.32. The zero-order valence-corrected chi connectivity index (χ0v) is 13.5. The molecule has 22 heavy (non-hydrogen) atoms. The van der Waals surface area contributed by atoms with Gasteiger partial charge in [0, 0.05) is 10.6 Å². The van der Waals surface area contributed by atoms with Crippen molar-refractivity contribution >= 4 is 33.5 Å². The number of phenols is 1. The van der Waals surface area contributed by atoms with E-state index < -0.39 is 15.6 Å². The van der Waals surface area contributed by atoms with Crippen LogP contribution < -0.4 is 0 Å². The van der Waals surface area contributed by atoms with Crippen LogP contribution in [0.15, 0.2) is 47.4 Å². The molecule has 0 saturated carbocycles. The summed E-state index contributed by atoms with van der Waals surface area (Å²) in [4.78, 5) is 0.869. The largest absolute Gasteiger partial charge is 0.746 e. The van der Waals surface area contributed by atoms with E-state index in [1.165, 1.54) is 30.0 Å². The Bertz CT molecular complexity index is 759. The van der Waals surface area contributed by atoms with Crippen LogP contribution in [0.4, 0.5) is 0 Å². The molecule has 0 saturated heterocycles. The molecule has 0 fully saturated rings. The normalized spacial score (nSPS) is 13.0. The second-order valence-electron chi connectivity index (χ2n) is 4.49. The first-order chi connectivity index (χ1) is 10.3. The maximum atomic E-state index is 10.7. The minimum absolute atomic E-state index is 0.0168. The average Bonchev–Trinajstić information content (AvgIpc) is 2.47. The van der Waals surface area contributed by atoms with Gasteiger partial charge in [-0.3, -0.25) is 0 Å². The first-order valence-corrected chi connectivity index (χ1v) is 8.94. The molecule has 2 aromatic carbocycles. The molecule has 0 aromatic heterocycles. The van der Waals surface area contributed by atoms with Crippen molar-refractivity contribution in [2.45, 2.75) is 16.1 Å². The summed E-state index contributed by atoms with van der Waals surface area (Å²) in [7, 11) is -4.77. The number of phenolic OH excluding ortho intramolecular Hbond substituents is 1. The van der Waals surface area contributed by atoms with Crippen molar-refractivity contribution in [2.75, 3.05) is 0 Å². The number of thioether (sulfide) groups is 1. The zero-order valence-electron chi connectivity index (χ0n) is 11.1. The van der Waals surface area contributed by atoms with Gasteiger partial charge in [-0.15, -0.1) is 11.8 Å². The molecule has 0 radical (unpaired) electrons. The third kappa shape index (κ3) is 4.37. The number of aliphatic hydroxyl groups excluding tert-OH is 1. The van der Waals surface area contributed by atoms with Crippen LogP contribution in [0.1, 0.15) is 16.6 Å². The van der Waals surface area contributed by atoms with Crippen molar-refractivity contribution in [3.05, 3.63) is 58.6 Å². The fraction of sp³-hybridized carbons (Fsp3) is 0.143. The lowest BCUT2D eigenvalue weighted by Crippen LogP contribution is -2.11. The van der Waals surface area contributed by atoms with Crippen molar-refractivity contribution in [2.24, 2.45) is 0 Å². The fourth-order valence-electron chi connectivity index (χ4n) is 1.69. The summed E-state index contributed by atoms with van der Waals surface area (Å²) in [5, 5.41) is 19.0. The van der Waals surface area contributed by atoms with Crippen molar-refractivity contribution in [1.82, 2.24) is 0 Å². The summed E-state index contributed by atoms with van der Waals surface area (Å²) >= 11 is 7.29. The van der Waals surface area contributed by atoms with E-state index in [9.17, 15) is 23.2 Å². The lowest BCUT2D eigenvalue weighted by atomic mass is 10.2. The summed E-state index contributed by atoms with van der Waals surface area (Å²) in [5.41, 5.74) is -1.13. The van der Waals surface area contributed by atoms with Gasteiger partial charge in [0.05, 0.1) is 5.02 Å². The van der Waals surface area contributed by atoms with E-state index in [4.69, 9.17) is 11.6 Å². The summed E-state index contributed by atoms with van der Waals surface area (Å²) in [6, 6.07) is 11.0. The first-order valence-electron chi connectivity index (χ1n) is 6.10. The van der Waals surface area contributed by atoms with Crippen LogP contribution in [0.2, 0.25) is 5.02 Å². The van der Waals surface area contributed by atoms with Gasteiger partial charge in [-0.05, 0) is 29.3 Å². The minimum Gasteiger partial charge on any atom is -0.746 e. The third-order valence-corrected chi connectivity index (χ3v) is 5.05. The monoisotopic (exact) mass is 359 g/mol. The van der Waals surface area contributed by atoms with E-state index >= 15 is 0 Å². The maximum Gasteiger partial charge on any atom is 0.168 e. The Morgan fingerprint density at radius 1 is 1.18 bits per heavy atom. The van der Waals surface area contributed by atoms with E-state index in [0.717, 1.165) is 10.5 Å². The van der Waals surface area contributed by atoms with Gasteiger partial charge < -0.3 is 14.8 Å². The number of halogens is 1. The Morgan fingerprint density at radius 2 is 1.82 bits per heavy atom. The lowest BCUT2D eigenvalue weighted by Gasteiger charge is -2.15. The molecular formula is C14H12ClO5S2-. The van der Waals surface area contributed by atoms with Crippen LogP contribution >= 0.6 is 23.4 Å². The van der Waals surface area contributed by atoms with Crippen LogP contribution in [-0.2, 0) is 15.9 Å². The number of aromatic hydroxyl groups is 1. The van der Waals surface area contributed by atoms with Crippen LogP contribution in [0.25, 0.3) is 0 Å². The predicted molar refractivity (Wildman–Crippen MR) is 83.8 cm³/mol. The third-order valence-electron chi connectivity index (χ3n) is 2.86. The molecule has 8 heteroatoms. The molecule has 1 atom stereocenters. The van der Waals surface area contributed by atoms with Gasteiger partial charge in [0.25, 0.3) is 0 Å². The molecule has 2 N–H and O–H groups in total. The summed E-state index contributed by atoms with van der Waals surface area (Å²) in [6.07, 6.45) is 0. The molecule has 2 rings (SSSR count). The molecule has 5 nitrogen and oxygen atoms in total. The van der Waals surface area contributed by atoms with Gasteiger partial charge in [0.15, 0.2) is 5.44 Å². The topological polar surface area (TPSA) is 97.7 Å². The Balaban J connectivity index is 2.04. The lowest BCUT2D eigenvalue weighted by molar-refractivity contribution is 0.236. The molecule has 0 spiro atoms. The van der Waals surface area contributed by atoms with E-state index in [-0.39, 0.29) is 16.3 Å². The Hall–Kier alpha value is -1.25. The highest BCUT2D eigenvalue weighted by atomic mass is 35.5. The predicted octanol–water partition coefficient (Wildman–Crippen LogP) is 2.87. The molecule has 0 heterocycles. The van der Waals surface area contributed by atoms with Crippen LogP contribution in [0.3, 0.4) is 0 Å². The zero-order chi connectivity index (χ0) is 16.3. The molecule has 0 aliphatic carbocycles. The van der Waals surface area contributed by atoms with Crippen molar-refractivity contribution < 1.29 is 23.2 Å². The number of hydrogen-bond acceptors (Lipinski definition) is 6. The van der Waals surface area contributed by atoms with Crippen molar-refractivity contribution in [3.8, 4) is 5.75 Å². The van der Waals surface area contributed by atoms with Gasteiger partial charge in [0.2, 0.25) is 0 Å². The van der Waals surface area contributed by atoms with Crippen molar-refractivity contribution in [3.63, 3.8) is 0 Å². The number of aliphatic hydroxyl groups is 1.